The highest BCUT2D eigenvalue weighted by atomic mass is 79.9. The normalized spacial score (nSPS) is 24.8. The van der Waals surface area contributed by atoms with Gasteiger partial charge in [0.25, 0.3) is 5.91 Å². The maximum atomic E-state index is 12.0. The van der Waals surface area contributed by atoms with Crippen LogP contribution >= 0.6 is 15.9 Å². The topological polar surface area (TPSA) is 53.4 Å². The molecule has 1 atom stereocenters. The van der Waals surface area contributed by atoms with Crippen molar-refractivity contribution in [3.8, 4) is 0 Å². The zero-order valence-electron chi connectivity index (χ0n) is 8.98. The maximum Gasteiger partial charge on any atom is 0.255 e. The van der Waals surface area contributed by atoms with E-state index in [2.05, 4.69) is 20.9 Å². The highest BCUT2D eigenvalue weighted by Crippen LogP contribution is 2.22. The van der Waals surface area contributed by atoms with Gasteiger partial charge in [0, 0.05) is 30.0 Å². The molecule has 1 aromatic rings. The molecule has 1 aliphatic heterocycles. The molecule has 86 valence electrons. The van der Waals surface area contributed by atoms with Crippen LogP contribution in [0.3, 0.4) is 0 Å². The van der Waals surface area contributed by atoms with E-state index in [9.17, 15) is 9.90 Å². The Morgan fingerprint density at radius 1 is 1.62 bits per heavy atom. The average molecular weight is 285 g/mol. The molecule has 0 radical (unpaired) electrons. The number of aliphatic hydroxyl groups is 1. The van der Waals surface area contributed by atoms with Gasteiger partial charge in [-0.1, -0.05) is 0 Å². The van der Waals surface area contributed by atoms with Gasteiger partial charge in [0.2, 0.25) is 0 Å². The molecular weight excluding hydrogens is 272 g/mol. The second-order valence-electron chi connectivity index (χ2n) is 4.37. The van der Waals surface area contributed by atoms with Crippen molar-refractivity contribution >= 4 is 21.8 Å². The van der Waals surface area contributed by atoms with Crippen LogP contribution in [0, 0.1) is 0 Å². The fraction of sp³-hybridized carbons (Fsp3) is 0.455. The van der Waals surface area contributed by atoms with Crippen molar-refractivity contribution in [2.75, 3.05) is 13.1 Å². The monoisotopic (exact) mass is 284 g/mol. The van der Waals surface area contributed by atoms with Gasteiger partial charge in [-0.05, 0) is 35.3 Å². The molecule has 1 N–H and O–H groups in total. The Morgan fingerprint density at radius 3 is 2.94 bits per heavy atom. The molecule has 0 aliphatic carbocycles. The van der Waals surface area contributed by atoms with Crippen molar-refractivity contribution in [3.63, 3.8) is 0 Å². The minimum atomic E-state index is -0.755. The van der Waals surface area contributed by atoms with Gasteiger partial charge in [0.15, 0.2) is 0 Å². The predicted molar refractivity (Wildman–Crippen MR) is 63.1 cm³/mol. The van der Waals surface area contributed by atoms with Crippen LogP contribution in [0.4, 0.5) is 0 Å². The molecule has 1 fully saturated rings. The molecule has 2 heterocycles. The van der Waals surface area contributed by atoms with E-state index in [4.69, 9.17) is 0 Å². The first-order valence-corrected chi connectivity index (χ1v) is 5.89. The van der Waals surface area contributed by atoms with Crippen LogP contribution in [0.5, 0.6) is 0 Å². The number of aromatic nitrogens is 1. The molecule has 1 aliphatic rings. The molecule has 0 aromatic carbocycles. The first-order chi connectivity index (χ1) is 7.48. The summed E-state index contributed by atoms with van der Waals surface area (Å²) in [4.78, 5) is 17.7. The van der Waals surface area contributed by atoms with Crippen LogP contribution in [0.2, 0.25) is 0 Å². The Bertz CT molecular complexity index is 420. The standard InChI is InChI=1S/C11H13BrN2O2/c1-11(16)2-3-14(7-11)10(15)8-4-9(12)6-13-5-8/h4-6,16H,2-3,7H2,1H3. The number of halogens is 1. The summed E-state index contributed by atoms with van der Waals surface area (Å²) in [6.07, 6.45) is 3.80. The Labute approximate surface area is 102 Å². The number of hydrogen-bond donors (Lipinski definition) is 1. The molecular formula is C11H13BrN2O2. The summed E-state index contributed by atoms with van der Waals surface area (Å²) < 4.78 is 0.782. The summed E-state index contributed by atoms with van der Waals surface area (Å²) in [7, 11) is 0. The Kier molecular flexibility index (Phi) is 2.99. The Balaban J connectivity index is 2.15. The Hall–Kier alpha value is -0.940. The minimum Gasteiger partial charge on any atom is -0.388 e. The maximum absolute atomic E-state index is 12.0. The third-order valence-electron chi connectivity index (χ3n) is 2.69. The zero-order valence-corrected chi connectivity index (χ0v) is 10.6. The average Bonchev–Trinajstić information content (AvgIpc) is 2.58. The molecule has 1 saturated heterocycles. The van der Waals surface area contributed by atoms with Crippen LogP contribution in [-0.4, -0.2) is 39.6 Å². The van der Waals surface area contributed by atoms with Crippen molar-refractivity contribution in [2.45, 2.75) is 18.9 Å². The molecule has 1 unspecified atom stereocenters. The number of carbonyl (C=O) groups excluding carboxylic acids is 1. The molecule has 0 bridgehead atoms. The van der Waals surface area contributed by atoms with E-state index in [-0.39, 0.29) is 5.91 Å². The molecule has 1 aromatic heterocycles. The van der Waals surface area contributed by atoms with Gasteiger partial charge < -0.3 is 10.0 Å². The lowest BCUT2D eigenvalue weighted by atomic mass is 10.1. The summed E-state index contributed by atoms with van der Waals surface area (Å²) >= 11 is 3.28. The smallest absolute Gasteiger partial charge is 0.255 e. The number of carbonyl (C=O) groups is 1. The van der Waals surface area contributed by atoms with Crippen molar-refractivity contribution in [2.24, 2.45) is 0 Å². The van der Waals surface area contributed by atoms with Gasteiger partial charge in [-0.3, -0.25) is 9.78 Å². The van der Waals surface area contributed by atoms with Gasteiger partial charge in [-0.15, -0.1) is 0 Å². The third-order valence-corrected chi connectivity index (χ3v) is 3.12. The van der Waals surface area contributed by atoms with Gasteiger partial charge in [0.1, 0.15) is 0 Å². The third kappa shape index (κ3) is 2.41. The highest BCUT2D eigenvalue weighted by molar-refractivity contribution is 9.10. The van der Waals surface area contributed by atoms with E-state index in [0.29, 0.717) is 25.1 Å². The quantitative estimate of drug-likeness (QED) is 0.849. The van der Waals surface area contributed by atoms with Gasteiger partial charge >= 0.3 is 0 Å². The summed E-state index contributed by atoms with van der Waals surface area (Å²) in [6, 6.07) is 1.74. The fourth-order valence-corrected chi connectivity index (χ4v) is 2.19. The lowest BCUT2D eigenvalue weighted by Gasteiger charge is -2.18. The SMILES string of the molecule is CC1(O)CCN(C(=O)c2cncc(Br)c2)C1. The summed E-state index contributed by atoms with van der Waals surface area (Å²) in [5.41, 5.74) is -0.207. The van der Waals surface area contributed by atoms with Crippen LogP contribution in [-0.2, 0) is 0 Å². The van der Waals surface area contributed by atoms with Crippen LogP contribution in [0.15, 0.2) is 22.9 Å². The second kappa shape index (κ2) is 4.14. The number of rotatable bonds is 1. The lowest BCUT2D eigenvalue weighted by Crippen LogP contribution is -2.33. The number of amides is 1. The molecule has 0 saturated carbocycles. The van der Waals surface area contributed by atoms with Crippen LogP contribution in [0.25, 0.3) is 0 Å². The number of likely N-dealkylation sites (tertiary alicyclic amines) is 1. The summed E-state index contributed by atoms with van der Waals surface area (Å²) in [6.45, 7) is 2.73. The van der Waals surface area contributed by atoms with E-state index in [1.54, 1.807) is 30.3 Å². The van der Waals surface area contributed by atoms with E-state index in [1.807, 2.05) is 0 Å². The first-order valence-electron chi connectivity index (χ1n) is 5.10. The van der Waals surface area contributed by atoms with E-state index in [0.717, 1.165) is 4.47 Å². The summed E-state index contributed by atoms with van der Waals surface area (Å²) in [5, 5.41) is 9.80. The fourth-order valence-electron chi connectivity index (χ4n) is 1.83. The van der Waals surface area contributed by atoms with Crippen molar-refractivity contribution in [1.29, 1.82) is 0 Å². The molecule has 5 heteroatoms. The largest absolute Gasteiger partial charge is 0.388 e. The van der Waals surface area contributed by atoms with Crippen LogP contribution in [0.1, 0.15) is 23.7 Å². The van der Waals surface area contributed by atoms with Crippen LogP contribution < -0.4 is 0 Å². The number of nitrogens with zero attached hydrogens (tertiary/aromatic N) is 2. The van der Waals surface area contributed by atoms with Gasteiger partial charge in [-0.2, -0.15) is 0 Å². The molecule has 0 spiro atoms. The highest BCUT2D eigenvalue weighted by Gasteiger charge is 2.34. The van der Waals surface area contributed by atoms with E-state index >= 15 is 0 Å². The number of hydrogen-bond acceptors (Lipinski definition) is 3. The number of β-amino-alcohol motifs (C(OH)–C–C–N with tert-alkyl or cyclic N) is 1. The molecule has 4 nitrogen and oxygen atoms in total. The molecule has 16 heavy (non-hydrogen) atoms. The predicted octanol–water partition coefficient (Wildman–Crippen LogP) is 1.44. The number of pyridine rings is 1. The Morgan fingerprint density at radius 2 is 2.38 bits per heavy atom. The summed E-state index contributed by atoms with van der Waals surface area (Å²) in [5.74, 6) is -0.0772. The molecule has 2 rings (SSSR count). The zero-order chi connectivity index (χ0) is 11.8. The van der Waals surface area contributed by atoms with Gasteiger partial charge in [-0.25, -0.2) is 0 Å². The van der Waals surface area contributed by atoms with E-state index < -0.39 is 5.60 Å². The van der Waals surface area contributed by atoms with Crippen molar-refractivity contribution in [1.82, 2.24) is 9.88 Å². The second-order valence-corrected chi connectivity index (χ2v) is 5.28. The minimum absolute atomic E-state index is 0.0772. The van der Waals surface area contributed by atoms with E-state index in [1.165, 1.54) is 0 Å². The first kappa shape index (κ1) is 11.5. The molecule has 1 amide bonds. The van der Waals surface area contributed by atoms with Crippen molar-refractivity contribution < 1.29 is 9.90 Å². The van der Waals surface area contributed by atoms with Crippen molar-refractivity contribution in [3.05, 3.63) is 28.5 Å². The van der Waals surface area contributed by atoms with Gasteiger partial charge in [0.05, 0.1) is 11.2 Å². The lowest BCUT2D eigenvalue weighted by molar-refractivity contribution is 0.0572.